The molecule has 7 nitrogen and oxygen atoms in total. The Bertz CT molecular complexity index is 1240. The summed E-state index contributed by atoms with van der Waals surface area (Å²) in [5.74, 6) is 0.135. The van der Waals surface area contributed by atoms with E-state index in [1.807, 2.05) is 56.3 Å². The Balaban J connectivity index is 1.46. The van der Waals surface area contributed by atoms with Crippen LogP contribution in [0.25, 0.3) is 0 Å². The molecule has 38 heavy (non-hydrogen) atoms. The fourth-order valence-electron chi connectivity index (χ4n) is 4.20. The third kappa shape index (κ3) is 8.46. The monoisotopic (exact) mass is 512 g/mol. The molecule has 0 aliphatic heterocycles. The smallest absolute Gasteiger partial charge is 0.242 e. The van der Waals surface area contributed by atoms with E-state index in [-0.39, 0.29) is 11.8 Å². The van der Waals surface area contributed by atoms with Gasteiger partial charge in [-0.1, -0.05) is 42.5 Å². The molecule has 3 aromatic rings. The maximum absolute atomic E-state index is 12.7. The molecule has 4 N–H and O–H groups in total. The van der Waals surface area contributed by atoms with Gasteiger partial charge in [0.2, 0.25) is 11.8 Å². The zero-order valence-corrected chi connectivity index (χ0v) is 22.3. The third-order valence-electron chi connectivity index (χ3n) is 6.46. The third-order valence-corrected chi connectivity index (χ3v) is 6.46. The molecule has 1 unspecified atom stereocenters. The van der Waals surface area contributed by atoms with Crippen molar-refractivity contribution >= 4 is 11.8 Å². The van der Waals surface area contributed by atoms with Crippen LogP contribution in [-0.4, -0.2) is 30.4 Å². The highest BCUT2D eigenvalue weighted by Gasteiger charge is 2.21. The number of nitrogens with zero attached hydrogens (tertiary/aromatic N) is 1. The number of ether oxygens (including phenoxy) is 1. The number of rotatable bonds is 12. The van der Waals surface area contributed by atoms with Crippen LogP contribution in [0.4, 0.5) is 0 Å². The molecule has 2 amide bonds. The molecule has 0 heterocycles. The van der Waals surface area contributed by atoms with Gasteiger partial charge < -0.3 is 21.1 Å². The van der Waals surface area contributed by atoms with E-state index in [1.165, 1.54) is 5.56 Å². The molecule has 7 heteroatoms. The summed E-state index contributed by atoms with van der Waals surface area (Å²) in [5.41, 5.74) is 12.0. The van der Waals surface area contributed by atoms with Crippen molar-refractivity contribution in [3.63, 3.8) is 0 Å². The van der Waals surface area contributed by atoms with Crippen LogP contribution in [-0.2, 0) is 29.0 Å². The Hall–Kier alpha value is -4.15. The van der Waals surface area contributed by atoms with Gasteiger partial charge in [-0.15, -0.1) is 0 Å². The molecular weight excluding hydrogens is 476 g/mol. The molecule has 0 aliphatic rings. The van der Waals surface area contributed by atoms with Crippen LogP contribution in [0.2, 0.25) is 0 Å². The number of nitrogens with two attached hydrogens (primary N) is 1. The topological polar surface area (TPSA) is 117 Å². The number of aryl methyl sites for hydroxylation is 3. The second kappa shape index (κ2) is 14.0. The molecule has 0 spiro atoms. The number of hydrogen-bond acceptors (Lipinski definition) is 5. The van der Waals surface area contributed by atoms with Crippen molar-refractivity contribution in [3.8, 4) is 11.8 Å². The first-order valence-electron chi connectivity index (χ1n) is 12.9. The van der Waals surface area contributed by atoms with Gasteiger partial charge in [-0.2, -0.15) is 5.26 Å². The summed E-state index contributed by atoms with van der Waals surface area (Å²) >= 11 is 0. The van der Waals surface area contributed by atoms with Gasteiger partial charge in [0.1, 0.15) is 18.4 Å². The van der Waals surface area contributed by atoms with Crippen LogP contribution in [0.3, 0.4) is 0 Å². The van der Waals surface area contributed by atoms with Gasteiger partial charge in [0.15, 0.2) is 0 Å². The Morgan fingerprint density at radius 3 is 2.26 bits per heavy atom. The molecule has 0 aromatic heterocycles. The zero-order chi connectivity index (χ0) is 27.5. The Morgan fingerprint density at radius 1 is 0.974 bits per heavy atom. The molecule has 198 valence electrons. The van der Waals surface area contributed by atoms with E-state index < -0.39 is 12.1 Å². The first kappa shape index (κ1) is 28.4. The maximum Gasteiger partial charge on any atom is 0.242 e. The van der Waals surface area contributed by atoms with E-state index in [1.54, 1.807) is 19.1 Å². The van der Waals surface area contributed by atoms with Crippen molar-refractivity contribution in [1.82, 2.24) is 10.6 Å². The van der Waals surface area contributed by atoms with E-state index in [2.05, 4.69) is 28.8 Å². The van der Waals surface area contributed by atoms with Crippen molar-refractivity contribution in [2.45, 2.75) is 58.7 Å². The number of carbonyl (C=O) groups is 2. The highest BCUT2D eigenvalue weighted by atomic mass is 16.5. The number of nitriles is 1. The first-order valence-corrected chi connectivity index (χ1v) is 12.9. The summed E-state index contributed by atoms with van der Waals surface area (Å²) in [7, 11) is 0. The van der Waals surface area contributed by atoms with Crippen LogP contribution in [0.1, 0.15) is 46.7 Å². The minimum atomic E-state index is -0.786. The SMILES string of the molecule is Cc1cc(OCc2ccc(C#N)cc2)cc(C)c1CC(N)C(=O)N[C@H](C)C(=O)NCCCc1ccccc1. The predicted molar refractivity (Wildman–Crippen MR) is 148 cm³/mol. The molecule has 0 radical (unpaired) electrons. The van der Waals surface area contributed by atoms with Gasteiger partial charge in [-0.3, -0.25) is 9.59 Å². The van der Waals surface area contributed by atoms with Gasteiger partial charge >= 0.3 is 0 Å². The highest BCUT2D eigenvalue weighted by Crippen LogP contribution is 2.24. The first-order chi connectivity index (χ1) is 18.3. The summed E-state index contributed by atoms with van der Waals surface area (Å²) in [6.07, 6.45) is 2.05. The van der Waals surface area contributed by atoms with E-state index >= 15 is 0 Å². The second-order valence-corrected chi connectivity index (χ2v) is 9.55. The molecule has 0 aliphatic carbocycles. The number of nitrogens with one attached hydrogen (secondary N) is 2. The minimum Gasteiger partial charge on any atom is -0.489 e. The van der Waals surface area contributed by atoms with Gasteiger partial charge in [-0.05, 0) is 92.1 Å². The summed E-state index contributed by atoms with van der Waals surface area (Å²) < 4.78 is 5.94. The van der Waals surface area contributed by atoms with Crippen LogP contribution < -0.4 is 21.1 Å². The predicted octanol–water partition coefficient (Wildman–Crippen LogP) is 3.88. The lowest BCUT2D eigenvalue weighted by atomic mass is 9.96. The lowest BCUT2D eigenvalue weighted by Crippen LogP contribution is -2.51. The van der Waals surface area contributed by atoms with Crippen molar-refractivity contribution in [2.75, 3.05) is 6.54 Å². The molecule has 0 fully saturated rings. The van der Waals surface area contributed by atoms with Gasteiger partial charge in [0, 0.05) is 6.54 Å². The molecule has 3 rings (SSSR count). The van der Waals surface area contributed by atoms with E-state index in [4.69, 9.17) is 15.7 Å². The molecule has 0 saturated heterocycles. The largest absolute Gasteiger partial charge is 0.489 e. The second-order valence-electron chi connectivity index (χ2n) is 9.55. The number of hydrogen-bond donors (Lipinski definition) is 3. The van der Waals surface area contributed by atoms with Crippen molar-refractivity contribution < 1.29 is 14.3 Å². The fourth-order valence-corrected chi connectivity index (χ4v) is 4.20. The minimum absolute atomic E-state index is 0.227. The Labute approximate surface area is 225 Å². The number of benzene rings is 3. The van der Waals surface area contributed by atoms with Gasteiger partial charge in [-0.25, -0.2) is 0 Å². The number of amides is 2. The average molecular weight is 513 g/mol. The van der Waals surface area contributed by atoms with Crippen LogP contribution in [0, 0.1) is 25.2 Å². The zero-order valence-electron chi connectivity index (χ0n) is 22.3. The summed E-state index contributed by atoms with van der Waals surface area (Å²) in [6, 6.07) is 21.9. The molecule has 0 bridgehead atoms. The molecule has 2 atom stereocenters. The quantitative estimate of drug-likeness (QED) is 0.319. The van der Waals surface area contributed by atoms with E-state index in [9.17, 15) is 9.59 Å². The highest BCUT2D eigenvalue weighted by molar-refractivity contribution is 5.89. The Morgan fingerprint density at radius 2 is 1.63 bits per heavy atom. The van der Waals surface area contributed by atoms with Gasteiger partial charge in [0.05, 0.1) is 17.7 Å². The van der Waals surface area contributed by atoms with Crippen LogP contribution in [0.5, 0.6) is 5.75 Å². The van der Waals surface area contributed by atoms with Crippen molar-refractivity contribution in [1.29, 1.82) is 5.26 Å². The van der Waals surface area contributed by atoms with E-state index in [0.717, 1.165) is 40.8 Å². The number of carbonyl (C=O) groups excluding carboxylic acids is 2. The van der Waals surface area contributed by atoms with Crippen molar-refractivity contribution in [3.05, 3.63) is 100 Å². The molecular formula is C31H36N4O3. The average Bonchev–Trinajstić information content (AvgIpc) is 2.92. The lowest BCUT2D eigenvalue weighted by molar-refractivity contribution is -0.129. The van der Waals surface area contributed by atoms with Gasteiger partial charge in [0.25, 0.3) is 0 Å². The lowest BCUT2D eigenvalue weighted by Gasteiger charge is -2.19. The van der Waals surface area contributed by atoms with Crippen molar-refractivity contribution in [2.24, 2.45) is 5.73 Å². The Kier molecular flexibility index (Phi) is 10.4. The van der Waals surface area contributed by atoms with Crippen LogP contribution in [0.15, 0.2) is 66.7 Å². The normalized spacial score (nSPS) is 12.2. The standard InChI is InChI=1S/C31H36N4O3/c1-21-16-27(38-20-26-13-11-25(19-32)12-14-26)17-22(2)28(21)18-29(33)31(37)35-23(3)30(36)34-15-7-10-24-8-5-4-6-9-24/h4-6,8-9,11-14,16-17,23,29H,7,10,15,18,20,33H2,1-3H3,(H,34,36)(H,35,37)/t23-,29?/m1/s1. The summed E-state index contributed by atoms with van der Waals surface area (Å²) in [4.78, 5) is 25.1. The summed E-state index contributed by atoms with van der Waals surface area (Å²) in [5, 5.41) is 14.5. The maximum atomic E-state index is 12.7. The molecule has 3 aromatic carbocycles. The van der Waals surface area contributed by atoms with Crippen LogP contribution >= 0.6 is 0 Å². The summed E-state index contributed by atoms with van der Waals surface area (Å²) in [6.45, 7) is 6.52. The van der Waals surface area contributed by atoms with E-state index in [0.29, 0.717) is 25.1 Å². The molecule has 0 saturated carbocycles. The fraction of sp³-hybridized carbons (Fsp3) is 0.323.